The Bertz CT molecular complexity index is 580. The quantitative estimate of drug-likeness (QED) is 0.783. The highest BCUT2D eigenvalue weighted by Crippen LogP contribution is 2.48. The van der Waals surface area contributed by atoms with Gasteiger partial charge in [-0.25, -0.2) is 8.42 Å². The summed E-state index contributed by atoms with van der Waals surface area (Å²) < 4.78 is 23.0. The first kappa shape index (κ1) is 11.0. The highest BCUT2D eigenvalue weighted by Gasteiger charge is 2.45. The van der Waals surface area contributed by atoms with Gasteiger partial charge in [-0.3, -0.25) is 0 Å². The van der Waals surface area contributed by atoms with E-state index in [0.29, 0.717) is 0 Å². The van der Waals surface area contributed by atoms with E-state index in [1.165, 1.54) is 6.07 Å². The van der Waals surface area contributed by atoms with E-state index in [0.717, 1.165) is 24.7 Å². The van der Waals surface area contributed by atoms with Crippen LogP contribution in [0.1, 0.15) is 18.4 Å². The predicted octanol–water partition coefficient (Wildman–Crippen LogP) is 1.23. The third kappa shape index (κ3) is 1.65. The maximum Gasteiger partial charge on any atom is 0.177 e. The third-order valence-electron chi connectivity index (χ3n) is 2.93. The summed E-state index contributed by atoms with van der Waals surface area (Å²) in [6.45, 7) is 0. The van der Waals surface area contributed by atoms with Crippen molar-refractivity contribution in [3.63, 3.8) is 0 Å². The lowest BCUT2D eigenvalue weighted by Gasteiger charge is -2.10. The van der Waals surface area contributed by atoms with Crippen LogP contribution >= 0.6 is 0 Å². The van der Waals surface area contributed by atoms with Crippen LogP contribution in [0.5, 0.6) is 0 Å². The smallest absolute Gasteiger partial charge is 0.177 e. The van der Waals surface area contributed by atoms with Gasteiger partial charge < -0.3 is 5.73 Å². The van der Waals surface area contributed by atoms with Crippen molar-refractivity contribution in [2.24, 2.45) is 0 Å². The molecule has 2 rings (SSSR count). The van der Waals surface area contributed by atoms with Gasteiger partial charge in [0.25, 0.3) is 0 Å². The lowest BCUT2D eigenvalue weighted by Crippen LogP contribution is -2.08. The molecule has 0 radical (unpaired) electrons. The first-order chi connectivity index (χ1) is 7.39. The van der Waals surface area contributed by atoms with Gasteiger partial charge in [0.05, 0.1) is 22.1 Å². The lowest BCUT2D eigenvalue weighted by molar-refractivity contribution is 0.602. The van der Waals surface area contributed by atoms with E-state index in [1.807, 2.05) is 0 Å². The molecule has 1 fully saturated rings. The summed E-state index contributed by atoms with van der Waals surface area (Å²) >= 11 is 0. The molecule has 1 aromatic rings. The Labute approximate surface area is 94.6 Å². The van der Waals surface area contributed by atoms with Crippen molar-refractivity contribution in [1.82, 2.24) is 0 Å². The molecule has 0 spiro atoms. The molecular weight excluding hydrogens is 224 g/mol. The van der Waals surface area contributed by atoms with Gasteiger partial charge in [-0.15, -0.1) is 0 Å². The Hall–Kier alpha value is -1.54. The zero-order valence-electron chi connectivity index (χ0n) is 8.90. The number of anilines is 1. The van der Waals surface area contributed by atoms with Crippen LogP contribution in [0.15, 0.2) is 23.1 Å². The van der Waals surface area contributed by atoms with Crippen LogP contribution < -0.4 is 5.73 Å². The summed E-state index contributed by atoms with van der Waals surface area (Å²) in [6.07, 6.45) is 2.70. The van der Waals surface area contributed by atoms with E-state index >= 15 is 0 Å². The fourth-order valence-corrected chi connectivity index (χ4v) is 2.58. The van der Waals surface area contributed by atoms with Gasteiger partial charge in [-0.1, -0.05) is 6.07 Å². The van der Waals surface area contributed by atoms with Gasteiger partial charge in [0.1, 0.15) is 0 Å². The zero-order chi connectivity index (χ0) is 12.0. The molecule has 0 aliphatic heterocycles. The molecule has 0 unspecified atom stereocenters. The van der Waals surface area contributed by atoms with E-state index in [2.05, 4.69) is 6.07 Å². The fraction of sp³-hybridized carbons (Fsp3) is 0.364. The van der Waals surface area contributed by atoms with E-state index in [-0.39, 0.29) is 10.6 Å². The Morgan fingerprint density at radius 3 is 2.50 bits per heavy atom. The predicted molar refractivity (Wildman–Crippen MR) is 60.5 cm³/mol. The molecular formula is C11H12N2O2S. The monoisotopic (exact) mass is 236 g/mol. The van der Waals surface area contributed by atoms with E-state index in [9.17, 15) is 8.42 Å². The molecule has 16 heavy (non-hydrogen) atoms. The topological polar surface area (TPSA) is 84.0 Å². The first-order valence-electron chi connectivity index (χ1n) is 4.90. The number of nitrogen functional groups attached to an aromatic ring is 1. The number of hydrogen-bond acceptors (Lipinski definition) is 4. The average molecular weight is 236 g/mol. The van der Waals surface area contributed by atoms with Crippen LogP contribution in [0.3, 0.4) is 0 Å². The molecule has 0 atom stereocenters. The van der Waals surface area contributed by atoms with Crippen molar-refractivity contribution in [2.75, 3.05) is 12.0 Å². The molecule has 0 bridgehead atoms. The van der Waals surface area contributed by atoms with Crippen LogP contribution in [-0.4, -0.2) is 14.7 Å². The molecule has 1 aliphatic carbocycles. The Kier molecular flexibility index (Phi) is 2.21. The zero-order valence-corrected chi connectivity index (χ0v) is 9.71. The summed E-state index contributed by atoms with van der Waals surface area (Å²) in [7, 11) is -3.33. The standard InChI is InChI=1S/C11H12N2O2S/c1-16(14,15)10-6-8(2-3-9(10)13)11(7-12)4-5-11/h2-3,6H,4-5,13H2,1H3. The second kappa shape index (κ2) is 3.22. The van der Waals surface area contributed by atoms with Crippen molar-refractivity contribution < 1.29 is 8.42 Å². The summed E-state index contributed by atoms with van der Waals surface area (Å²) in [6, 6.07) is 7.05. The molecule has 0 aromatic heterocycles. The molecule has 4 nitrogen and oxygen atoms in total. The highest BCUT2D eigenvalue weighted by molar-refractivity contribution is 7.90. The van der Waals surface area contributed by atoms with Gasteiger partial charge in [0.15, 0.2) is 9.84 Å². The second-order valence-corrected chi connectivity index (χ2v) is 6.20. The Morgan fingerprint density at radius 1 is 1.44 bits per heavy atom. The molecule has 5 heteroatoms. The van der Waals surface area contributed by atoms with E-state index in [4.69, 9.17) is 11.0 Å². The number of nitrogens with zero attached hydrogens (tertiary/aromatic N) is 1. The molecule has 84 valence electrons. The van der Waals surface area contributed by atoms with Gasteiger partial charge in [0.2, 0.25) is 0 Å². The summed E-state index contributed by atoms with van der Waals surface area (Å²) in [5.41, 5.74) is 6.13. The molecule has 2 N–H and O–H groups in total. The molecule has 0 heterocycles. The van der Waals surface area contributed by atoms with Crippen LogP contribution in [0.4, 0.5) is 5.69 Å². The van der Waals surface area contributed by atoms with Crippen molar-refractivity contribution in [3.8, 4) is 6.07 Å². The van der Waals surface area contributed by atoms with Crippen molar-refractivity contribution >= 4 is 15.5 Å². The molecule has 0 amide bonds. The SMILES string of the molecule is CS(=O)(=O)c1cc(C2(C#N)CC2)ccc1N. The fourth-order valence-electron chi connectivity index (χ4n) is 1.74. The maximum absolute atomic E-state index is 11.5. The lowest BCUT2D eigenvalue weighted by atomic mass is 9.98. The van der Waals surface area contributed by atoms with E-state index < -0.39 is 15.3 Å². The molecule has 0 saturated heterocycles. The average Bonchev–Trinajstić information content (AvgIpc) is 2.97. The van der Waals surface area contributed by atoms with Gasteiger partial charge in [0, 0.05) is 6.26 Å². The summed E-state index contributed by atoms with van der Waals surface area (Å²) in [5, 5.41) is 9.04. The number of rotatable bonds is 2. The minimum absolute atomic E-state index is 0.117. The maximum atomic E-state index is 11.5. The molecule has 1 saturated carbocycles. The van der Waals surface area contributed by atoms with E-state index in [1.54, 1.807) is 12.1 Å². The number of benzene rings is 1. The number of nitriles is 1. The normalized spacial score (nSPS) is 17.8. The number of hydrogen-bond donors (Lipinski definition) is 1. The summed E-state index contributed by atoms with van der Waals surface area (Å²) in [5.74, 6) is 0. The summed E-state index contributed by atoms with van der Waals surface area (Å²) in [4.78, 5) is 0.117. The van der Waals surface area contributed by atoms with Crippen molar-refractivity contribution in [3.05, 3.63) is 23.8 Å². The Morgan fingerprint density at radius 2 is 2.06 bits per heavy atom. The third-order valence-corrected chi connectivity index (χ3v) is 4.08. The van der Waals surface area contributed by atoms with Crippen LogP contribution in [-0.2, 0) is 15.3 Å². The largest absolute Gasteiger partial charge is 0.398 e. The van der Waals surface area contributed by atoms with Crippen LogP contribution in [0.2, 0.25) is 0 Å². The minimum Gasteiger partial charge on any atom is -0.398 e. The highest BCUT2D eigenvalue weighted by atomic mass is 32.2. The second-order valence-electron chi connectivity index (χ2n) is 4.22. The number of nitrogens with two attached hydrogens (primary N) is 1. The van der Waals surface area contributed by atoms with Gasteiger partial charge in [-0.2, -0.15) is 5.26 Å². The van der Waals surface area contributed by atoms with Gasteiger partial charge in [-0.05, 0) is 30.5 Å². The van der Waals surface area contributed by atoms with Gasteiger partial charge >= 0.3 is 0 Å². The molecule has 1 aliphatic rings. The van der Waals surface area contributed by atoms with Crippen molar-refractivity contribution in [2.45, 2.75) is 23.2 Å². The Balaban J connectivity index is 2.58. The first-order valence-corrected chi connectivity index (χ1v) is 6.79. The van der Waals surface area contributed by atoms with Crippen LogP contribution in [0, 0.1) is 11.3 Å². The minimum atomic E-state index is -3.33. The molecule has 1 aromatic carbocycles. The van der Waals surface area contributed by atoms with Crippen molar-refractivity contribution in [1.29, 1.82) is 5.26 Å². The van der Waals surface area contributed by atoms with Crippen LogP contribution in [0.25, 0.3) is 0 Å². The number of sulfone groups is 1.